The van der Waals surface area contributed by atoms with Gasteiger partial charge in [-0.2, -0.15) is 0 Å². The third-order valence-corrected chi connectivity index (χ3v) is 3.69. The Morgan fingerprint density at radius 3 is 2.32 bits per heavy atom. The first-order valence-corrected chi connectivity index (χ1v) is 6.90. The van der Waals surface area contributed by atoms with Crippen LogP contribution in [0.4, 0.5) is 4.39 Å². The van der Waals surface area contributed by atoms with Gasteiger partial charge >= 0.3 is 0 Å². The van der Waals surface area contributed by atoms with Gasteiger partial charge in [-0.1, -0.05) is 12.1 Å². The van der Waals surface area contributed by atoms with E-state index in [4.69, 9.17) is 9.47 Å². The van der Waals surface area contributed by atoms with Crippen LogP contribution in [0.1, 0.15) is 5.56 Å². The first-order valence-electron chi connectivity index (χ1n) is 6.90. The monoisotopic (exact) mass is 297 g/mol. The van der Waals surface area contributed by atoms with Gasteiger partial charge in [-0.25, -0.2) is 4.39 Å². The van der Waals surface area contributed by atoms with Crippen LogP contribution in [0.3, 0.4) is 0 Å². The molecule has 0 bridgehead atoms. The van der Waals surface area contributed by atoms with E-state index in [2.05, 4.69) is 4.98 Å². The lowest BCUT2D eigenvalue weighted by Gasteiger charge is -2.10. The summed E-state index contributed by atoms with van der Waals surface area (Å²) in [6.45, 7) is 1.74. The van der Waals surface area contributed by atoms with Crippen LogP contribution in [0.5, 0.6) is 11.5 Å². The molecule has 0 spiro atoms. The number of methoxy groups -OCH3 is 2. The number of aromatic nitrogens is 1. The third kappa shape index (κ3) is 2.48. The highest BCUT2D eigenvalue weighted by Gasteiger charge is 2.09. The van der Waals surface area contributed by atoms with E-state index >= 15 is 0 Å². The molecule has 1 aromatic heterocycles. The Morgan fingerprint density at radius 2 is 1.64 bits per heavy atom. The minimum absolute atomic E-state index is 0.218. The van der Waals surface area contributed by atoms with Crippen LogP contribution in [0.25, 0.3) is 22.0 Å². The fraction of sp³-hybridized carbons (Fsp3) is 0.167. The van der Waals surface area contributed by atoms with E-state index in [1.165, 1.54) is 6.07 Å². The van der Waals surface area contributed by atoms with Crippen LogP contribution in [0.2, 0.25) is 0 Å². The van der Waals surface area contributed by atoms with Crippen molar-refractivity contribution < 1.29 is 13.9 Å². The molecule has 3 rings (SSSR count). The average Bonchev–Trinajstić information content (AvgIpc) is 2.55. The second-order valence-corrected chi connectivity index (χ2v) is 5.09. The quantitative estimate of drug-likeness (QED) is 0.719. The SMILES string of the molecule is COc1cc2cc(-c3ccc(C)c(F)c3)cnc2cc1OC. The molecule has 0 unspecified atom stereocenters. The smallest absolute Gasteiger partial charge is 0.162 e. The van der Waals surface area contributed by atoms with E-state index in [0.29, 0.717) is 17.1 Å². The van der Waals surface area contributed by atoms with Gasteiger partial charge < -0.3 is 9.47 Å². The van der Waals surface area contributed by atoms with E-state index in [0.717, 1.165) is 22.0 Å². The Kier molecular flexibility index (Phi) is 3.67. The number of hydrogen-bond acceptors (Lipinski definition) is 3. The summed E-state index contributed by atoms with van der Waals surface area (Å²) >= 11 is 0. The van der Waals surface area contributed by atoms with Crippen molar-refractivity contribution in [2.45, 2.75) is 6.92 Å². The van der Waals surface area contributed by atoms with Crippen molar-refractivity contribution in [1.29, 1.82) is 0 Å². The molecule has 3 aromatic rings. The molecule has 3 nitrogen and oxygen atoms in total. The summed E-state index contributed by atoms with van der Waals surface area (Å²) in [6, 6.07) is 10.8. The first-order chi connectivity index (χ1) is 10.6. The molecule has 1 heterocycles. The largest absolute Gasteiger partial charge is 0.493 e. The van der Waals surface area contributed by atoms with Gasteiger partial charge in [0.05, 0.1) is 19.7 Å². The number of rotatable bonds is 3. The maximum Gasteiger partial charge on any atom is 0.162 e. The summed E-state index contributed by atoms with van der Waals surface area (Å²) in [4.78, 5) is 4.44. The molecule has 2 aromatic carbocycles. The molecule has 0 aliphatic heterocycles. The van der Waals surface area contributed by atoms with Crippen molar-refractivity contribution in [3.63, 3.8) is 0 Å². The lowest BCUT2D eigenvalue weighted by Crippen LogP contribution is -1.92. The van der Waals surface area contributed by atoms with Gasteiger partial charge in [0.25, 0.3) is 0 Å². The molecule has 0 atom stereocenters. The lowest BCUT2D eigenvalue weighted by molar-refractivity contribution is 0.356. The number of fused-ring (bicyclic) bond motifs is 1. The number of ether oxygens (including phenoxy) is 2. The minimum Gasteiger partial charge on any atom is -0.493 e. The zero-order valence-corrected chi connectivity index (χ0v) is 12.7. The van der Waals surface area contributed by atoms with Crippen molar-refractivity contribution in [1.82, 2.24) is 4.98 Å². The fourth-order valence-electron chi connectivity index (χ4n) is 2.39. The molecule has 0 aliphatic carbocycles. The van der Waals surface area contributed by atoms with Crippen LogP contribution in [-0.2, 0) is 0 Å². The van der Waals surface area contributed by atoms with Gasteiger partial charge in [-0.05, 0) is 36.2 Å². The van der Waals surface area contributed by atoms with Crippen LogP contribution >= 0.6 is 0 Å². The summed E-state index contributed by atoms with van der Waals surface area (Å²) in [5.41, 5.74) is 3.09. The van der Waals surface area contributed by atoms with Crippen molar-refractivity contribution >= 4 is 10.9 Å². The average molecular weight is 297 g/mol. The summed E-state index contributed by atoms with van der Waals surface area (Å²) < 4.78 is 24.3. The normalized spacial score (nSPS) is 10.7. The Balaban J connectivity index is 2.14. The highest BCUT2D eigenvalue weighted by molar-refractivity contribution is 5.86. The van der Waals surface area contributed by atoms with Crippen LogP contribution in [0, 0.1) is 12.7 Å². The predicted octanol–water partition coefficient (Wildman–Crippen LogP) is 4.37. The van der Waals surface area contributed by atoms with Crippen LogP contribution < -0.4 is 9.47 Å². The van der Waals surface area contributed by atoms with Gasteiger partial charge in [-0.3, -0.25) is 4.98 Å². The van der Waals surface area contributed by atoms with E-state index in [1.807, 2.05) is 24.3 Å². The molecule has 0 N–H and O–H groups in total. The van der Waals surface area contributed by atoms with Gasteiger partial charge in [-0.15, -0.1) is 0 Å². The Hall–Kier alpha value is -2.62. The first kappa shape index (κ1) is 14.3. The fourth-order valence-corrected chi connectivity index (χ4v) is 2.39. The number of aryl methyl sites for hydroxylation is 1. The zero-order chi connectivity index (χ0) is 15.7. The number of nitrogens with zero attached hydrogens (tertiary/aromatic N) is 1. The van der Waals surface area contributed by atoms with Crippen LogP contribution in [-0.4, -0.2) is 19.2 Å². The van der Waals surface area contributed by atoms with Gasteiger partial charge in [0, 0.05) is 23.2 Å². The van der Waals surface area contributed by atoms with Crippen molar-refractivity contribution in [2.24, 2.45) is 0 Å². The number of benzene rings is 2. The number of pyridine rings is 1. The third-order valence-electron chi connectivity index (χ3n) is 3.69. The standard InChI is InChI=1S/C18H16FNO2/c1-11-4-5-12(7-15(11)19)14-6-13-8-17(21-2)18(22-3)9-16(13)20-10-14/h4-10H,1-3H3. The molecule has 0 saturated carbocycles. The van der Waals surface area contributed by atoms with E-state index in [-0.39, 0.29) is 5.82 Å². The van der Waals surface area contributed by atoms with E-state index in [1.54, 1.807) is 33.4 Å². The predicted molar refractivity (Wildman–Crippen MR) is 85.0 cm³/mol. The summed E-state index contributed by atoms with van der Waals surface area (Å²) in [5.74, 6) is 1.06. The van der Waals surface area contributed by atoms with E-state index in [9.17, 15) is 4.39 Å². The Labute approximate surface area is 128 Å². The van der Waals surface area contributed by atoms with Crippen molar-refractivity contribution in [2.75, 3.05) is 14.2 Å². The topological polar surface area (TPSA) is 31.4 Å². The molecule has 0 fully saturated rings. The van der Waals surface area contributed by atoms with Crippen molar-refractivity contribution in [3.8, 4) is 22.6 Å². The molecule has 112 valence electrons. The number of hydrogen-bond donors (Lipinski definition) is 0. The summed E-state index contributed by atoms with van der Waals surface area (Å²) in [7, 11) is 3.18. The molecular formula is C18H16FNO2. The van der Waals surface area contributed by atoms with Gasteiger partial charge in [0.2, 0.25) is 0 Å². The summed E-state index contributed by atoms with van der Waals surface area (Å²) in [6.07, 6.45) is 1.73. The Bertz CT molecular complexity index is 846. The molecule has 0 saturated heterocycles. The molecule has 4 heteroatoms. The molecule has 0 radical (unpaired) electrons. The molecule has 0 amide bonds. The molecular weight excluding hydrogens is 281 g/mol. The van der Waals surface area contributed by atoms with E-state index < -0.39 is 0 Å². The maximum atomic E-state index is 13.7. The molecule has 0 aliphatic rings. The zero-order valence-electron chi connectivity index (χ0n) is 12.7. The van der Waals surface area contributed by atoms with Crippen LogP contribution in [0.15, 0.2) is 42.6 Å². The second-order valence-electron chi connectivity index (χ2n) is 5.09. The lowest BCUT2D eigenvalue weighted by atomic mass is 10.0. The van der Waals surface area contributed by atoms with Gasteiger partial charge in [0.1, 0.15) is 5.82 Å². The summed E-state index contributed by atoms with van der Waals surface area (Å²) in [5, 5.41) is 0.913. The highest BCUT2D eigenvalue weighted by atomic mass is 19.1. The minimum atomic E-state index is -0.218. The number of halogens is 1. The Morgan fingerprint density at radius 1 is 0.909 bits per heavy atom. The molecule has 22 heavy (non-hydrogen) atoms. The van der Waals surface area contributed by atoms with Crippen molar-refractivity contribution in [3.05, 3.63) is 54.0 Å². The van der Waals surface area contributed by atoms with Gasteiger partial charge in [0.15, 0.2) is 11.5 Å². The highest BCUT2D eigenvalue weighted by Crippen LogP contribution is 2.33. The maximum absolute atomic E-state index is 13.7. The second kappa shape index (κ2) is 5.64.